The first kappa shape index (κ1) is 15.6. The van der Waals surface area contributed by atoms with E-state index in [1.54, 1.807) is 18.3 Å². The van der Waals surface area contributed by atoms with E-state index in [-0.39, 0.29) is 24.8 Å². The monoisotopic (exact) mass is 325 g/mol. The van der Waals surface area contributed by atoms with E-state index in [2.05, 4.69) is 20.4 Å². The molecule has 0 unspecified atom stereocenters. The van der Waals surface area contributed by atoms with Crippen molar-refractivity contribution in [3.05, 3.63) is 60.0 Å². The van der Waals surface area contributed by atoms with Crippen LogP contribution in [0, 0.1) is 0 Å². The fourth-order valence-corrected chi connectivity index (χ4v) is 2.05. The summed E-state index contributed by atoms with van der Waals surface area (Å²) in [6.07, 6.45) is 1.56. The molecular formula is C16H15N5O3. The highest BCUT2D eigenvalue weighted by Gasteiger charge is 2.15. The van der Waals surface area contributed by atoms with Crippen molar-refractivity contribution < 1.29 is 14.3 Å². The lowest BCUT2D eigenvalue weighted by Gasteiger charge is -2.05. The molecule has 122 valence electrons. The number of carbonyl (C=O) groups is 1. The van der Waals surface area contributed by atoms with Crippen molar-refractivity contribution in [2.45, 2.75) is 13.2 Å². The first-order valence-electron chi connectivity index (χ1n) is 7.23. The van der Waals surface area contributed by atoms with E-state index in [0.717, 1.165) is 0 Å². The summed E-state index contributed by atoms with van der Waals surface area (Å²) in [5.41, 5.74) is 0.374. The second kappa shape index (κ2) is 7.32. The number of hydrogen-bond donors (Lipinski definition) is 0. The fourth-order valence-electron chi connectivity index (χ4n) is 2.05. The van der Waals surface area contributed by atoms with Crippen LogP contribution >= 0.6 is 0 Å². The second-order valence-corrected chi connectivity index (χ2v) is 4.82. The Bertz CT molecular complexity index is 819. The van der Waals surface area contributed by atoms with E-state index < -0.39 is 0 Å². The average Bonchev–Trinajstić information content (AvgIpc) is 3.08. The van der Waals surface area contributed by atoms with Gasteiger partial charge in [-0.1, -0.05) is 18.2 Å². The number of methoxy groups -OCH3 is 1. The number of Topliss-reactive ketones (excluding diaryl/α,β-unsaturated/α-hetero) is 1. The molecule has 0 saturated carbocycles. The number of aromatic nitrogens is 5. The summed E-state index contributed by atoms with van der Waals surface area (Å²) < 4.78 is 10.6. The molecule has 24 heavy (non-hydrogen) atoms. The Morgan fingerprint density at radius 1 is 1.17 bits per heavy atom. The summed E-state index contributed by atoms with van der Waals surface area (Å²) in [6, 6.07) is 12.6. The van der Waals surface area contributed by atoms with Gasteiger partial charge in [-0.3, -0.25) is 4.79 Å². The van der Waals surface area contributed by atoms with Crippen molar-refractivity contribution in [1.82, 2.24) is 25.2 Å². The zero-order valence-corrected chi connectivity index (χ0v) is 13.0. The summed E-state index contributed by atoms with van der Waals surface area (Å²) in [5, 5.41) is 11.9. The summed E-state index contributed by atoms with van der Waals surface area (Å²) in [6.45, 7) is 0.120. The minimum absolute atomic E-state index is 0.0552. The normalized spacial score (nSPS) is 10.4. The van der Waals surface area contributed by atoms with Crippen molar-refractivity contribution in [3.63, 3.8) is 0 Å². The van der Waals surface area contributed by atoms with Crippen LogP contribution in [0.1, 0.15) is 16.2 Å². The zero-order valence-electron chi connectivity index (χ0n) is 13.0. The Morgan fingerprint density at radius 3 is 2.79 bits per heavy atom. The number of carbonyl (C=O) groups excluding carboxylic acids is 1. The fraction of sp³-hybridized carbons (Fsp3) is 0.188. The number of pyridine rings is 1. The minimum Gasteiger partial charge on any atom is -0.485 e. The van der Waals surface area contributed by atoms with Crippen molar-refractivity contribution in [1.29, 1.82) is 0 Å². The van der Waals surface area contributed by atoms with Gasteiger partial charge in [-0.15, -0.1) is 10.2 Å². The zero-order chi connectivity index (χ0) is 16.8. The van der Waals surface area contributed by atoms with Gasteiger partial charge in [0.25, 0.3) is 0 Å². The lowest BCUT2D eigenvalue weighted by Crippen LogP contribution is -2.14. The van der Waals surface area contributed by atoms with Gasteiger partial charge in [0.05, 0.1) is 12.7 Å². The second-order valence-electron chi connectivity index (χ2n) is 4.82. The minimum atomic E-state index is -0.215. The molecule has 3 rings (SSSR count). The van der Waals surface area contributed by atoms with Gasteiger partial charge in [-0.2, -0.15) is 4.80 Å². The van der Waals surface area contributed by atoms with Crippen LogP contribution in [0.3, 0.4) is 0 Å². The number of nitrogens with zero attached hydrogens (tertiary/aromatic N) is 5. The number of ether oxygens (including phenoxy) is 2. The van der Waals surface area contributed by atoms with E-state index >= 15 is 0 Å². The van der Waals surface area contributed by atoms with Crippen LogP contribution < -0.4 is 9.47 Å². The van der Waals surface area contributed by atoms with Crippen molar-refractivity contribution in [2.24, 2.45) is 0 Å². The number of rotatable bonds is 7. The predicted molar refractivity (Wildman–Crippen MR) is 83.7 cm³/mol. The van der Waals surface area contributed by atoms with Crippen LogP contribution in [0.25, 0.3) is 0 Å². The maximum absolute atomic E-state index is 12.3. The van der Waals surface area contributed by atoms with Gasteiger partial charge in [0.15, 0.2) is 12.4 Å². The molecule has 3 aromatic rings. The largest absolute Gasteiger partial charge is 0.485 e. The van der Waals surface area contributed by atoms with Crippen LogP contribution in [0.2, 0.25) is 0 Å². The van der Waals surface area contributed by atoms with Gasteiger partial charge in [-0.05, 0) is 29.5 Å². The third-order valence-electron chi connectivity index (χ3n) is 3.16. The van der Waals surface area contributed by atoms with E-state index in [0.29, 0.717) is 17.1 Å². The molecule has 0 fully saturated rings. The molecule has 0 N–H and O–H groups in total. The molecule has 0 bridgehead atoms. The Labute approximate surface area is 138 Å². The molecule has 0 amide bonds. The van der Waals surface area contributed by atoms with Crippen LogP contribution in [0.5, 0.6) is 11.6 Å². The molecule has 0 saturated heterocycles. The molecule has 2 aromatic heterocycles. The molecule has 0 radical (unpaired) electrons. The molecule has 8 heteroatoms. The number of para-hydroxylation sites is 1. The van der Waals surface area contributed by atoms with Crippen molar-refractivity contribution in [3.8, 4) is 11.6 Å². The molecule has 1 aromatic carbocycles. The molecule has 0 spiro atoms. The predicted octanol–water partition coefficient (Wildman–Crippen LogP) is 1.54. The van der Waals surface area contributed by atoms with Crippen molar-refractivity contribution >= 4 is 5.78 Å². The quantitative estimate of drug-likeness (QED) is 0.608. The van der Waals surface area contributed by atoms with Gasteiger partial charge >= 0.3 is 0 Å². The molecule has 2 heterocycles. The third kappa shape index (κ3) is 3.72. The molecule has 0 aliphatic heterocycles. The van der Waals surface area contributed by atoms with Gasteiger partial charge in [-0.25, -0.2) is 4.98 Å². The highest BCUT2D eigenvalue weighted by atomic mass is 16.5. The topological polar surface area (TPSA) is 92.0 Å². The smallest absolute Gasteiger partial charge is 0.224 e. The number of hydrogen-bond acceptors (Lipinski definition) is 7. The first-order chi connectivity index (χ1) is 11.8. The number of benzene rings is 1. The Morgan fingerprint density at radius 2 is 2.00 bits per heavy atom. The lowest BCUT2D eigenvalue weighted by molar-refractivity contribution is 0.0957. The van der Waals surface area contributed by atoms with Gasteiger partial charge in [0.1, 0.15) is 12.3 Å². The Balaban J connectivity index is 1.62. The summed E-state index contributed by atoms with van der Waals surface area (Å²) in [7, 11) is 1.46. The highest BCUT2D eigenvalue weighted by molar-refractivity contribution is 5.97. The summed E-state index contributed by atoms with van der Waals surface area (Å²) in [4.78, 5) is 17.5. The third-order valence-corrected chi connectivity index (χ3v) is 3.16. The summed E-state index contributed by atoms with van der Waals surface area (Å²) >= 11 is 0. The molecule has 0 aliphatic carbocycles. The number of tetrazole rings is 1. The van der Waals surface area contributed by atoms with Crippen LogP contribution in [-0.2, 0) is 13.2 Å². The van der Waals surface area contributed by atoms with Gasteiger partial charge in [0.2, 0.25) is 11.7 Å². The number of ketones is 1. The van der Waals surface area contributed by atoms with Crippen LogP contribution in [-0.4, -0.2) is 38.1 Å². The van der Waals surface area contributed by atoms with E-state index in [1.807, 2.05) is 30.3 Å². The van der Waals surface area contributed by atoms with E-state index in [9.17, 15) is 4.79 Å². The van der Waals surface area contributed by atoms with E-state index in [4.69, 9.17) is 9.47 Å². The van der Waals surface area contributed by atoms with Gasteiger partial charge < -0.3 is 9.47 Å². The first-order valence-corrected chi connectivity index (χ1v) is 7.23. The molecule has 8 nitrogen and oxygen atoms in total. The summed E-state index contributed by atoms with van der Waals surface area (Å²) in [5.74, 6) is 1.16. The standard InChI is InChI=1S/C16H15N5O3/c1-23-16-13(8-5-9-17-16)14(22)10-21-19-15(18-20-21)11-24-12-6-3-2-4-7-12/h2-9H,10-11H2,1H3. The molecular weight excluding hydrogens is 310 g/mol. The van der Waals surface area contributed by atoms with Crippen molar-refractivity contribution in [2.75, 3.05) is 7.11 Å². The SMILES string of the molecule is COc1ncccc1C(=O)Cn1nnc(COc2ccccc2)n1. The maximum Gasteiger partial charge on any atom is 0.224 e. The van der Waals surface area contributed by atoms with E-state index in [1.165, 1.54) is 11.9 Å². The lowest BCUT2D eigenvalue weighted by atomic mass is 10.2. The van der Waals surface area contributed by atoms with Gasteiger partial charge in [0, 0.05) is 6.20 Å². The Hall–Kier alpha value is -3.29. The highest BCUT2D eigenvalue weighted by Crippen LogP contribution is 2.14. The average molecular weight is 325 g/mol. The molecule has 0 atom stereocenters. The van der Waals surface area contributed by atoms with Crippen LogP contribution in [0.4, 0.5) is 0 Å². The maximum atomic E-state index is 12.3. The Kier molecular flexibility index (Phi) is 4.76. The van der Waals surface area contributed by atoms with Crippen LogP contribution in [0.15, 0.2) is 48.7 Å². The molecule has 0 aliphatic rings.